The summed E-state index contributed by atoms with van der Waals surface area (Å²) in [4.78, 5) is 11.4. The highest BCUT2D eigenvalue weighted by Crippen LogP contribution is 2.13. The minimum Gasteiger partial charge on any atom is -0.388 e. The molecule has 0 unspecified atom stereocenters. The molecule has 0 bridgehead atoms. The Balaban J connectivity index is 2.50. The van der Waals surface area contributed by atoms with Crippen molar-refractivity contribution in [2.24, 2.45) is 0 Å². The predicted molar refractivity (Wildman–Crippen MR) is 59.4 cm³/mol. The molecule has 0 aliphatic heterocycles. The highest BCUT2D eigenvalue weighted by molar-refractivity contribution is 5.70. The summed E-state index contributed by atoms with van der Waals surface area (Å²) in [6.07, 6.45) is 1.23. The van der Waals surface area contributed by atoms with Crippen LogP contribution in [0.2, 0.25) is 0 Å². The minimum absolute atomic E-state index is 0.199. The molecule has 5 heteroatoms. The van der Waals surface area contributed by atoms with E-state index >= 15 is 0 Å². The molecule has 0 aliphatic rings. The van der Waals surface area contributed by atoms with E-state index in [0.29, 0.717) is 0 Å². The number of aryl methyl sites for hydroxylation is 1. The Morgan fingerprint density at radius 3 is 2.81 bits per heavy atom. The maximum atomic E-state index is 11.4. The quantitative estimate of drug-likeness (QED) is 0.860. The van der Waals surface area contributed by atoms with E-state index in [9.17, 15) is 4.79 Å². The summed E-state index contributed by atoms with van der Waals surface area (Å²) in [7, 11) is 0. The molecule has 1 heterocycles. The third-order valence-corrected chi connectivity index (χ3v) is 1.71. The number of aromatic nitrogens is 1. The number of carbonyl (C=O) groups is 1. The molecule has 0 atom stereocenters. The van der Waals surface area contributed by atoms with E-state index in [0.717, 1.165) is 18.6 Å². The standard InChI is InChI=1S/C11H18N2O3/c1-5-6-8-7-9(13-16-8)15-10(14)12-11(2,3)4/h7H,5-6H2,1-4H3,(H,12,14). The Bertz CT molecular complexity index is 352. The first-order valence-corrected chi connectivity index (χ1v) is 5.36. The van der Waals surface area contributed by atoms with Crippen LogP contribution in [0.25, 0.3) is 0 Å². The number of carbonyl (C=O) groups excluding carboxylic acids is 1. The number of amides is 1. The molecule has 1 amide bonds. The van der Waals surface area contributed by atoms with Gasteiger partial charge in [0.05, 0.1) is 0 Å². The van der Waals surface area contributed by atoms with Gasteiger partial charge in [0.1, 0.15) is 5.76 Å². The van der Waals surface area contributed by atoms with Crippen LogP contribution in [0.1, 0.15) is 39.9 Å². The molecular weight excluding hydrogens is 208 g/mol. The molecule has 0 aliphatic carbocycles. The molecule has 90 valence electrons. The second-order valence-electron chi connectivity index (χ2n) is 4.65. The van der Waals surface area contributed by atoms with Gasteiger partial charge in [-0.2, -0.15) is 0 Å². The number of hydrogen-bond acceptors (Lipinski definition) is 4. The highest BCUT2D eigenvalue weighted by atomic mass is 16.6. The fraction of sp³-hybridized carbons (Fsp3) is 0.636. The van der Waals surface area contributed by atoms with E-state index in [1.165, 1.54) is 0 Å². The smallest absolute Gasteiger partial charge is 0.388 e. The summed E-state index contributed by atoms with van der Waals surface area (Å²) in [6.45, 7) is 7.66. The van der Waals surface area contributed by atoms with Crippen molar-refractivity contribution in [1.29, 1.82) is 0 Å². The molecule has 1 aromatic rings. The van der Waals surface area contributed by atoms with Crippen molar-refractivity contribution in [1.82, 2.24) is 10.5 Å². The topological polar surface area (TPSA) is 64.4 Å². The monoisotopic (exact) mass is 226 g/mol. The molecule has 16 heavy (non-hydrogen) atoms. The molecule has 0 spiro atoms. The lowest BCUT2D eigenvalue weighted by molar-refractivity contribution is 0.186. The second-order valence-corrected chi connectivity index (χ2v) is 4.65. The van der Waals surface area contributed by atoms with Crippen LogP contribution in [0.4, 0.5) is 4.79 Å². The number of rotatable bonds is 3. The Labute approximate surface area is 95.1 Å². The number of ether oxygens (including phenoxy) is 1. The Hall–Kier alpha value is -1.52. The third-order valence-electron chi connectivity index (χ3n) is 1.71. The molecule has 1 rings (SSSR count). The van der Waals surface area contributed by atoms with Crippen molar-refractivity contribution in [2.75, 3.05) is 0 Å². The van der Waals surface area contributed by atoms with Crippen molar-refractivity contribution in [3.8, 4) is 5.88 Å². The molecule has 0 fully saturated rings. The third kappa shape index (κ3) is 4.33. The zero-order valence-electron chi connectivity index (χ0n) is 10.2. The summed E-state index contributed by atoms with van der Waals surface area (Å²) < 4.78 is 9.94. The molecule has 1 N–H and O–H groups in total. The molecule has 5 nitrogen and oxygen atoms in total. The molecule has 0 radical (unpaired) electrons. The Kier molecular flexibility index (Phi) is 3.93. The van der Waals surface area contributed by atoms with E-state index < -0.39 is 6.09 Å². The van der Waals surface area contributed by atoms with Gasteiger partial charge >= 0.3 is 6.09 Å². The minimum atomic E-state index is -0.524. The van der Waals surface area contributed by atoms with Gasteiger partial charge in [-0.1, -0.05) is 6.92 Å². The zero-order valence-corrected chi connectivity index (χ0v) is 10.2. The summed E-state index contributed by atoms with van der Waals surface area (Å²) in [5, 5.41) is 6.31. The Morgan fingerprint density at radius 2 is 2.25 bits per heavy atom. The van der Waals surface area contributed by atoms with Gasteiger partial charge in [0, 0.05) is 18.0 Å². The van der Waals surface area contributed by atoms with E-state index in [1.54, 1.807) is 6.07 Å². The van der Waals surface area contributed by atoms with Gasteiger partial charge in [-0.3, -0.25) is 0 Å². The highest BCUT2D eigenvalue weighted by Gasteiger charge is 2.16. The van der Waals surface area contributed by atoms with Gasteiger partial charge in [0.2, 0.25) is 0 Å². The van der Waals surface area contributed by atoms with Crippen LogP contribution >= 0.6 is 0 Å². The van der Waals surface area contributed by atoms with Crippen LogP contribution in [0.5, 0.6) is 5.88 Å². The molecule has 0 saturated carbocycles. The summed E-state index contributed by atoms with van der Waals surface area (Å²) in [5.74, 6) is 0.922. The van der Waals surface area contributed by atoms with E-state index in [4.69, 9.17) is 9.26 Å². The SMILES string of the molecule is CCCc1cc(OC(=O)NC(C)(C)C)no1. The van der Waals surface area contributed by atoms with Crippen molar-refractivity contribution in [3.63, 3.8) is 0 Å². The summed E-state index contributed by atoms with van der Waals surface area (Å²) >= 11 is 0. The zero-order chi connectivity index (χ0) is 12.2. The van der Waals surface area contributed by atoms with Crippen LogP contribution in [-0.2, 0) is 6.42 Å². The lowest BCUT2D eigenvalue weighted by atomic mass is 10.1. The average molecular weight is 226 g/mol. The van der Waals surface area contributed by atoms with Crippen LogP contribution in [0, 0.1) is 0 Å². The fourth-order valence-electron chi connectivity index (χ4n) is 1.13. The first kappa shape index (κ1) is 12.5. The fourth-order valence-corrected chi connectivity index (χ4v) is 1.13. The van der Waals surface area contributed by atoms with Crippen LogP contribution in [0.3, 0.4) is 0 Å². The van der Waals surface area contributed by atoms with Gasteiger partial charge in [-0.25, -0.2) is 4.79 Å². The lowest BCUT2D eigenvalue weighted by Gasteiger charge is -2.18. The van der Waals surface area contributed by atoms with Crippen molar-refractivity contribution < 1.29 is 14.1 Å². The largest absolute Gasteiger partial charge is 0.414 e. The molecule has 0 saturated heterocycles. The van der Waals surface area contributed by atoms with Crippen molar-refractivity contribution >= 4 is 6.09 Å². The predicted octanol–water partition coefficient (Wildman–Crippen LogP) is 2.51. The van der Waals surface area contributed by atoms with Crippen molar-refractivity contribution in [3.05, 3.63) is 11.8 Å². The van der Waals surface area contributed by atoms with Crippen LogP contribution < -0.4 is 10.1 Å². The lowest BCUT2D eigenvalue weighted by Crippen LogP contribution is -2.42. The number of hydrogen-bond donors (Lipinski definition) is 1. The molecule has 0 aromatic carbocycles. The van der Waals surface area contributed by atoms with Gasteiger partial charge in [0.25, 0.3) is 5.88 Å². The van der Waals surface area contributed by atoms with Gasteiger partial charge in [-0.15, -0.1) is 0 Å². The van der Waals surface area contributed by atoms with Crippen molar-refractivity contribution in [2.45, 2.75) is 46.1 Å². The first-order valence-electron chi connectivity index (χ1n) is 5.36. The normalized spacial score (nSPS) is 11.2. The summed E-state index contributed by atoms with van der Waals surface area (Å²) in [6, 6.07) is 1.63. The van der Waals surface area contributed by atoms with E-state index in [-0.39, 0.29) is 11.4 Å². The number of nitrogens with zero attached hydrogens (tertiary/aromatic N) is 1. The van der Waals surface area contributed by atoms with Crippen LogP contribution in [0.15, 0.2) is 10.6 Å². The average Bonchev–Trinajstić information content (AvgIpc) is 2.49. The van der Waals surface area contributed by atoms with Gasteiger partial charge in [-0.05, 0) is 32.3 Å². The Morgan fingerprint density at radius 1 is 1.56 bits per heavy atom. The number of nitrogens with one attached hydrogen (secondary N) is 1. The molecule has 1 aromatic heterocycles. The summed E-state index contributed by atoms with van der Waals surface area (Å²) in [5.41, 5.74) is -0.326. The second kappa shape index (κ2) is 5.01. The van der Waals surface area contributed by atoms with E-state index in [2.05, 4.69) is 10.5 Å². The maximum absolute atomic E-state index is 11.4. The van der Waals surface area contributed by atoms with Gasteiger partial charge in [0.15, 0.2) is 0 Å². The van der Waals surface area contributed by atoms with Crippen LogP contribution in [-0.4, -0.2) is 16.8 Å². The first-order chi connectivity index (χ1) is 7.40. The maximum Gasteiger partial charge on any atom is 0.414 e. The molecular formula is C11H18N2O3. The van der Waals surface area contributed by atoms with E-state index in [1.807, 2.05) is 27.7 Å². The van der Waals surface area contributed by atoms with Gasteiger partial charge < -0.3 is 14.6 Å².